The van der Waals surface area contributed by atoms with Crippen LogP contribution in [0.15, 0.2) is 48.5 Å². The van der Waals surface area contributed by atoms with Crippen LogP contribution in [0.4, 0.5) is 16.2 Å². The fraction of sp³-hybridized carbons (Fsp3) is 0.375. The van der Waals surface area contributed by atoms with Gasteiger partial charge in [-0.1, -0.05) is 37.1 Å². The van der Waals surface area contributed by atoms with Crippen LogP contribution >= 0.6 is 0 Å². The fourth-order valence-electron chi connectivity index (χ4n) is 4.48. The number of fused-ring (bicyclic) bond motifs is 1. The Hall–Kier alpha value is -3.15. The van der Waals surface area contributed by atoms with E-state index in [4.69, 9.17) is 0 Å². The van der Waals surface area contributed by atoms with Gasteiger partial charge in [-0.2, -0.15) is 0 Å². The Morgan fingerprint density at radius 2 is 1.73 bits per heavy atom. The van der Waals surface area contributed by atoms with E-state index in [-0.39, 0.29) is 30.3 Å². The Kier molecular flexibility index (Phi) is 5.57. The number of aryl methyl sites for hydroxylation is 2. The summed E-state index contributed by atoms with van der Waals surface area (Å²) in [5.41, 5.74) is 3.51. The lowest BCUT2D eigenvalue weighted by Gasteiger charge is -2.46. The Bertz CT molecular complexity index is 973. The Labute approximate surface area is 176 Å². The molecule has 2 aliphatic rings. The molecule has 1 saturated heterocycles. The number of urea groups is 1. The third kappa shape index (κ3) is 3.82. The molecule has 0 aromatic heterocycles. The Morgan fingerprint density at radius 1 is 1.00 bits per heavy atom. The van der Waals surface area contributed by atoms with Crippen molar-refractivity contribution in [1.82, 2.24) is 4.90 Å². The molecule has 1 aliphatic heterocycles. The van der Waals surface area contributed by atoms with E-state index in [2.05, 4.69) is 5.32 Å². The topological polar surface area (TPSA) is 69.7 Å². The van der Waals surface area contributed by atoms with Crippen LogP contribution in [0.1, 0.15) is 36.8 Å². The summed E-state index contributed by atoms with van der Waals surface area (Å²) in [6, 6.07) is 14.1. The highest BCUT2D eigenvalue weighted by Crippen LogP contribution is 2.36. The van der Waals surface area contributed by atoms with Crippen molar-refractivity contribution in [2.75, 3.05) is 16.8 Å². The van der Waals surface area contributed by atoms with Crippen LogP contribution in [0.2, 0.25) is 0 Å². The predicted molar refractivity (Wildman–Crippen MR) is 116 cm³/mol. The van der Waals surface area contributed by atoms with Gasteiger partial charge in [-0.3, -0.25) is 9.59 Å². The molecule has 1 saturated carbocycles. The van der Waals surface area contributed by atoms with E-state index >= 15 is 0 Å². The van der Waals surface area contributed by atoms with Crippen LogP contribution < -0.4 is 10.2 Å². The molecule has 4 rings (SSSR count). The van der Waals surface area contributed by atoms with Crippen LogP contribution in [-0.4, -0.2) is 35.3 Å². The van der Waals surface area contributed by atoms with Gasteiger partial charge in [0.05, 0.1) is 11.6 Å². The number of nitrogens with one attached hydrogen (secondary N) is 1. The van der Waals surface area contributed by atoms with Gasteiger partial charge in [0.15, 0.2) is 0 Å². The lowest BCUT2D eigenvalue weighted by atomic mass is 9.81. The zero-order valence-electron chi connectivity index (χ0n) is 17.4. The summed E-state index contributed by atoms with van der Waals surface area (Å²) in [6.45, 7) is 3.95. The van der Waals surface area contributed by atoms with E-state index in [0.29, 0.717) is 11.4 Å². The average molecular weight is 405 g/mol. The third-order valence-corrected chi connectivity index (χ3v) is 6.22. The van der Waals surface area contributed by atoms with E-state index in [9.17, 15) is 14.4 Å². The monoisotopic (exact) mass is 405 g/mol. The lowest BCUT2D eigenvalue weighted by molar-refractivity contribution is -0.128. The molecule has 2 unspecified atom stereocenters. The number of amides is 4. The van der Waals surface area contributed by atoms with Crippen LogP contribution in [0, 0.1) is 19.8 Å². The quantitative estimate of drug-likeness (QED) is 0.826. The molecule has 156 valence electrons. The molecule has 0 radical (unpaired) electrons. The maximum absolute atomic E-state index is 13.3. The minimum Gasteiger partial charge on any atom is -0.325 e. The molecule has 6 nitrogen and oxygen atoms in total. The zero-order chi connectivity index (χ0) is 21.3. The number of nitrogens with zero attached hydrogens (tertiary/aromatic N) is 2. The number of para-hydroxylation sites is 1. The van der Waals surface area contributed by atoms with Crippen molar-refractivity contribution in [2.45, 2.75) is 45.6 Å². The van der Waals surface area contributed by atoms with Crippen LogP contribution in [0.5, 0.6) is 0 Å². The summed E-state index contributed by atoms with van der Waals surface area (Å²) in [6.07, 6.45) is 3.42. The van der Waals surface area contributed by atoms with Gasteiger partial charge in [0, 0.05) is 11.7 Å². The lowest BCUT2D eigenvalue weighted by Crippen LogP contribution is -2.64. The van der Waals surface area contributed by atoms with Gasteiger partial charge < -0.3 is 10.2 Å². The van der Waals surface area contributed by atoms with Crippen molar-refractivity contribution in [3.63, 3.8) is 0 Å². The molecule has 0 spiro atoms. The highest BCUT2D eigenvalue weighted by Gasteiger charge is 2.47. The van der Waals surface area contributed by atoms with Gasteiger partial charge in [-0.05, 0) is 62.1 Å². The van der Waals surface area contributed by atoms with Gasteiger partial charge in [-0.25, -0.2) is 9.69 Å². The normalized spacial score (nSPS) is 21.4. The summed E-state index contributed by atoms with van der Waals surface area (Å²) < 4.78 is 0. The molecule has 2 aromatic carbocycles. The van der Waals surface area contributed by atoms with Gasteiger partial charge in [0.2, 0.25) is 11.8 Å². The molecule has 4 amide bonds. The van der Waals surface area contributed by atoms with Crippen molar-refractivity contribution in [1.29, 1.82) is 0 Å². The molecule has 1 aliphatic carbocycles. The second-order valence-corrected chi connectivity index (χ2v) is 8.23. The Morgan fingerprint density at radius 3 is 2.47 bits per heavy atom. The summed E-state index contributed by atoms with van der Waals surface area (Å²) >= 11 is 0. The van der Waals surface area contributed by atoms with Gasteiger partial charge in [0.25, 0.3) is 0 Å². The molecule has 2 aromatic rings. The van der Waals surface area contributed by atoms with Crippen molar-refractivity contribution < 1.29 is 14.4 Å². The number of carbonyl (C=O) groups is 3. The number of anilines is 2. The van der Waals surface area contributed by atoms with Crippen LogP contribution in [0.3, 0.4) is 0 Å². The second kappa shape index (κ2) is 8.30. The standard InChI is InChI=1S/C24H27N3O3/c1-16-12-13-18(14-17(16)2)25-22(28)15-26-21-11-7-6-10-20(21)23(29)27(24(26)30)19-8-4-3-5-9-19/h3-5,8-9,12-14,20-21H,6-7,10-11,15H2,1-2H3,(H,25,28). The summed E-state index contributed by atoms with van der Waals surface area (Å²) in [5.74, 6) is -0.661. The first-order chi connectivity index (χ1) is 14.5. The SMILES string of the molecule is Cc1ccc(NC(=O)CN2C(=O)N(c3ccccc3)C(=O)C3CCCCC32)cc1C. The molecule has 2 fully saturated rings. The molecular weight excluding hydrogens is 378 g/mol. The Balaban J connectivity index is 1.57. The van der Waals surface area contributed by atoms with Gasteiger partial charge >= 0.3 is 6.03 Å². The average Bonchev–Trinajstić information content (AvgIpc) is 2.75. The van der Waals surface area contributed by atoms with Crippen molar-refractivity contribution >= 4 is 29.2 Å². The fourth-order valence-corrected chi connectivity index (χ4v) is 4.48. The molecule has 1 heterocycles. The second-order valence-electron chi connectivity index (χ2n) is 8.23. The first-order valence-electron chi connectivity index (χ1n) is 10.5. The van der Waals surface area contributed by atoms with Crippen LogP contribution in [0.25, 0.3) is 0 Å². The third-order valence-electron chi connectivity index (χ3n) is 6.22. The van der Waals surface area contributed by atoms with E-state index < -0.39 is 6.03 Å². The first kappa shape index (κ1) is 20.1. The molecule has 6 heteroatoms. The number of benzene rings is 2. The number of carbonyl (C=O) groups excluding carboxylic acids is 3. The first-order valence-corrected chi connectivity index (χ1v) is 10.5. The summed E-state index contributed by atoms with van der Waals surface area (Å²) in [4.78, 5) is 42.1. The van der Waals surface area contributed by atoms with E-state index in [0.717, 1.165) is 36.8 Å². The van der Waals surface area contributed by atoms with E-state index in [1.165, 1.54) is 4.90 Å². The number of imide groups is 1. The van der Waals surface area contributed by atoms with Gasteiger partial charge in [0.1, 0.15) is 6.54 Å². The molecule has 30 heavy (non-hydrogen) atoms. The zero-order valence-corrected chi connectivity index (χ0v) is 17.4. The maximum Gasteiger partial charge on any atom is 0.332 e. The van der Waals surface area contributed by atoms with E-state index in [1.54, 1.807) is 29.2 Å². The molecule has 1 N–H and O–H groups in total. The highest BCUT2D eigenvalue weighted by atomic mass is 16.2. The highest BCUT2D eigenvalue weighted by molar-refractivity contribution is 6.17. The summed E-state index contributed by atoms with van der Waals surface area (Å²) in [7, 11) is 0. The minimum absolute atomic E-state index is 0.0659. The molecule has 2 atom stereocenters. The molecular formula is C24H27N3O3. The number of rotatable bonds is 4. The smallest absolute Gasteiger partial charge is 0.325 e. The largest absolute Gasteiger partial charge is 0.332 e. The van der Waals surface area contributed by atoms with Gasteiger partial charge in [-0.15, -0.1) is 0 Å². The maximum atomic E-state index is 13.3. The minimum atomic E-state index is -0.412. The molecule has 0 bridgehead atoms. The van der Waals surface area contributed by atoms with E-state index in [1.807, 2.05) is 38.1 Å². The van der Waals surface area contributed by atoms with Crippen LogP contribution in [-0.2, 0) is 9.59 Å². The van der Waals surface area contributed by atoms with Crippen molar-refractivity contribution in [2.24, 2.45) is 5.92 Å². The number of hydrogen-bond acceptors (Lipinski definition) is 3. The predicted octanol–water partition coefficient (Wildman–Crippen LogP) is 4.27. The van der Waals surface area contributed by atoms with Crippen molar-refractivity contribution in [3.05, 3.63) is 59.7 Å². The van der Waals surface area contributed by atoms with Crippen molar-refractivity contribution in [3.8, 4) is 0 Å². The number of hydrogen-bond donors (Lipinski definition) is 1. The summed E-state index contributed by atoms with van der Waals surface area (Å²) in [5, 5.41) is 2.90.